The molecule has 3 aromatic carbocycles. The van der Waals surface area contributed by atoms with Gasteiger partial charge in [0.15, 0.2) is 0 Å². The minimum Gasteiger partial charge on any atom is -0.288 e. The van der Waals surface area contributed by atoms with E-state index in [1.807, 2.05) is 66.9 Å². The van der Waals surface area contributed by atoms with E-state index in [9.17, 15) is 14.9 Å². The number of carbonyl (C=O) groups is 1. The van der Waals surface area contributed by atoms with E-state index in [4.69, 9.17) is 0 Å². The maximum Gasteiger partial charge on any atom is 0.273 e. The fourth-order valence-corrected chi connectivity index (χ4v) is 5.18. The molecule has 0 bridgehead atoms. The number of benzene rings is 3. The number of ketones is 1. The Labute approximate surface area is 212 Å². The van der Waals surface area contributed by atoms with E-state index in [0.29, 0.717) is 26.4 Å². The molecule has 0 unspecified atom stereocenters. The van der Waals surface area contributed by atoms with Crippen LogP contribution < -0.4 is 14.8 Å². The maximum atomic E-state index is 13.6. The molecular formula is C29H24N2O2S2. The third-order valence-corrected chi connectivity index (χ3v) is 7.48. The number of nitriles is 1. The van der Waals surface area contributed by atoms with Gasteiger partial charge in [0.25, 0.3) is 5.56 Å². The molecule has 0 saturated heterocycles. The fraction of sp³-hybridized carbons (Fsp3) is 0.138. The number of Topliss-reactive ketones (excluding diaryl/α,β-unsaturated/α-hetero) is 1. The van der Waals surface area contributed by atoms with E-state index in [1.165, 1.54) is 4.57 Å². The lowest BCUT2D eigenvalue weighted by Gasteiger charge is -2.08. The molecule has 1 heterocycles. The third-order valence-electron chi connectivity index (χ3n) is 5.64. The smallest absolute Gasteiger partial charge is 0.273 e. The number of carbonyl (C=O) groups excluding carboxylic acids is 1. The van der Waals surface area contributed by atoms with Crippen LogP contribution in [0.1, 0.15) is 41.3 Å². The van der Waals surface area contributed by atoms with Gasteiger partial charge in [-0.15, -0.1) is 23.1 Å². The lowest BCUT2D eigenvalue weighted by Crippen LogP contribution is -2.31. The normalized spacial score (nSPS) is 12.5. The van der Waals surface area contributed by atoms with Gasteiger partial charge < -0.3 is 0 Å². The van der Waals surface area contributed by atoms with Crippen molar-refractivity contribution < 1.29 is 4.79 Å². The number of aromatic nitrogens is 1. The molecule has 0 aliphatic carbocycles. The summed E-state index contributed by atoms with van der Waals surface area (Å²) in [5, 5.41) is 10.0. The quantitative estimate of drug-likeness (QED) is 0.274. The molecule has 0 aliphatic heterocycles. The average molecular weight is 497 g/mol. The largest absolute Gasteiger partial charge is 0.288 e. The van der Waals surface area contributed by atoms with Crippen molar-refractivity contribution in [3.8, 4) is 11.8 Å². The predicted octanol–water partition coefficient (Wildman–Crippen LogP) is 5.13. The monoisotopic (exact) mass is 496 g/mol. The molecule has 0 spiro atoms. The highest BCUT2D eigenvalue weighted by atomic mass is 32.2. The van der Waals surface area contributed by atoms with Gasteiger partial charge in [-0.25, -0.2) is 0 Å². The average Bonchev–Trinajstić information content (AvgIpc) is 3.20. The highest BCUT2D eigenvalue weighted by molar-refractivity contribution is 7.98. The van der Waals surface area contributed by atoms with Crippen LogP contribution in [0.2, 0.25) is 0 Å². The van der Waals surface area contributed by atoms with Crippen LogP contribution >= 0.6 is 23.1 Å². The molecule has 4 rings (SSSR count). The van der Waals surface area contributed by atoms with Gasteiger partial charge in [-0.3, -0.25) is 14.2 Å². The van der Waals surface area contributed by atoms with Crippen LogP contribution in [0.25, 0.3) is 17.3 Å². The van der Waals surface area contributed by atoms with Gasteiger partial charge in [-0.2, -0.15) is 5.26 Å². The van der Waals surface area contributed by atoms with Crippen molar-refractivity contribution in [1.29, 1.82) is 5.26 Å². The van der Waals surface area contributed by atoms with Crippen molar-refractivity contribution in [2.45, 2.75) is 24.7 Å². The van der Waals surface area contributed by atoms with Crippen LogP contribution in [0, 0.1) is 11.3 Å². The molecule has 4 aromatic rings. The SMILES string of the molecule is CSc1ccc(C=c2sc(=C(C#N)C(=O)c3ccccc3)n(-c3ccc(C(C)C)cc3)c2=O)cc1. The van der Waals surface area contributed by atoms with E-state index < -0.39 is 5.78 Å². The van der Waals surface area contributed by atoms with Crippen molar-refractivity contribution in [1.82, 2.24) is 4.57 Å². The van der Waals surface area contributed by atoms with E-state index in [1.54, 1.807) is 36.0 Å². The molecule has 0 N–H and O–H groups in total. The Balaban J connectivity index is 2.00. The van der Waals surface area contributed by atoms with E-state index in [0.717, 1.165) is 27.4 Å². The lowest BCUT2D eigenvalue weighted by atomic mass is 10.0. The van der Waals surface area contributed by atoms with Crippen LogP contribution in [0.4, 0.5) is 0 Å². The summed E-state index contributed by atoms with van der Waals surface area (Å²) >= 11 is 2.81. The van der Waals surface area contributed by atoms with Crippen molar-refractivity contribution in [2.75, 3.05) is 6.26 Å². The molecule has 6 heteroatoms. The second-order valence-electron chi connectivity index (χ2n) is 8.26. The minimum absolute atomic E-state index is 0.0522. The van der Waals surface area contributed by atoms with Crippen LogP contribution in [0.15, 0.2) is 88.6 Å². The molecule has 0 aliphatic rings. The molecule has 0 saturated carbocycles. The number of nitrogens with zero attached hydrogens (tertiary/aromatic N) is 2. The summed E-state index contributed by atoms with van der Waals surface area (Å²) in [4.78, 5) is 28.0. The topological polar surface area (TPSA) is 62.9 Å². The highest BCUT2D eigenvalue weighted by Crippen LogP contribution is 2.17. The Morgan fingerprint density at radius 2 is 1.66 bits per heavy atom. The van der Waals surface area contributed by atoms with Crippen molar-refractivity contribution >= 4 is 40.5 Å². The molecule has 35 heavy (non-hydrogen) atoms. The molecule has 0 fully saturated rings. The van der Waals surface area contributed by atoms with Crippen LogP contribution in [-0.4, -0.2) is 16.6 Å². The maximum absolute atomic E-state index is 13.6. The highest BCUT2D eigenvalue weighted by Gasteiger charge is 2.18. The first-order valence-corrected chi connectivity index (χ1v) is 13.2. The van der Waals surface area contributed by atoms with Crippen molar-refractivity contribution in [3.63, 3.8) is 0 Å². The third kappa shape index (κ3) is 5.22. The molecule has 0 radical (unpaired) electrons. The number of hydrogen-bond donors (Lipinski definition) is 0. The van der Waals surface area contributed by atoms with E-state index in [-0.39, 0.29) is 11.1 Å². The minimum atomic E-state index is -0.405. The number of thioether (sulfide) groups is 1. The summed E-state index contributed by atoms with van der Waals surface area (Å²) in [6.07, 6.45) is 3.82. The second kappa shape index (κ2) is 10.7. The van der Waals surface area contributed by atoms with Gasteiger partial charge in [0.1, 0.15) is 16.3 Å². The van der Waals surface area contributed by atoms with Gasteiger partial charge in [-0.1, -0.05) is 68.4 Å². The van der Waals surface area contributed by atoms with Crippen molar-refractivity contribution in [3.05, 3.63) is 115 Å². The molecule has 4 nitrogen and oxygen atoms in total. The Morgan fingerprint density at radius 1 is 1.00 bits per heavy atom. The summed E-state index contributed by atoms with van der Waals surface area (Å²) in [6, 6.07) is 26.3. The van der Waals surface area contributed by atoms with Crippen LogP contribution in [-0.2, 0) is 0 Å². The summed E-state index contributed by atoms with van der Waals surface area (Å²) in [7, 11) is 0. The first-order chi connectivity index (χ1) is 16.9. The first kappa shape index (κ1) is 24.5. The zero-order valence-corrected chi connectivity index (χ0v) is 21.3. The fourth-order valence-electron chi connectivity index (χ4n) is 3.67. The summed E-state index contributed by atoms with van der Waals surface area (Å²) < 4.78 is 2.27. The lowest BCUT2D eigenvalue weighted by molar-refractivity contribution is 0.105. The zero-order valence-electron chi connectivity index (χ0n) is 19.7. The zero-order chi connectivity index (χ0) is 24.9. The van der Waals surface area contributed by atoms with Crippen LogP contribution in [0.3, 0.4) is 0 Å². The Hall–Kier alpha value is -3.66. The van der Waals surface area contributed by atoms with Gasteiger partial charge in [-0.05, 0) is 53.6 Å². The standard InChI is InChI=1S/C29H24N2O2S2/c1-19(2)21-11-13-23(14-12-21)31-28(33)26(17-20-9-15-24(34-3)16-10-20)35-29(31)25(18-30)27(32)22-7-5-4-6-8-22/h4-17,19H,1-3H3. The Kier molecular flexibility index (Phi) is 7.50. The Morgan fingerprint density at radius 3 is 2.23 bits per heavy atom. The molecule has 0 atom stereocenters. The summed E-state index contributed by atoms with van der Waals surface area (Å²) in [5.41, 5.74) is 2.74. The second-order valence-corrected chi connectivity index (χ2v) is 10.2. The van der Waals surface area contributed by atoms with Gasteiger partial charge in [0.05, 0.1) is 10.2 Å². The van der Waals surface area contributed by atoms with Crippen molar-refractivity contribution in [2.24, 2.45) is 0 Å². The summed E-state index contributed by atoms with van der Waals surface area (Å²) in [6.45, 7) is 4.21. The molecule has 0 amide bonds. The predicted molar refractivity (Wildman–Crippen MR) is 145 cm³/mol. The molecule has 174 valence electrons. The summed E-state index contributed by atoms with van der Waals surface area (Å²) in [5.74, 6) is -0.0606. The first-order valence-electron chi connectivity index (χ1n) is 11.1. The van der Waals surface area contributed by atoms with Gasteiger partial charge >= 0.3 is 0 Å². The number of thiazole rings is 1. The number of hydrogen-bond acceptors (Lipinski definition) is 5. The van der Waals surface area contributed by atoms with Crippen LogP contribution in [0.5, 0.6) is 0 Å². The van der Waals surface area contributed by atoms with E-state index in [2.05, 4.69) is 19.9 Å². The van der Waals surface area contributed by atoms with Gasteiger partial charge in [0.2, 0.25) is 5.78 Å². The Bertz CT molecular complexity index is 1570. The molecular weight excluding hydrogens is 472 g/mol. The van der Waals surface area contributed by atoms with Gasteiger partial charge in [0, 0.05) is 10.5 Å². The molecule has 1 aromatic heterocycles. The van der Waals surface area contributed by atoms with E-state index >= 15 is 0 Å². The number of rotatable bonds is 6.